The van der Waals surface area contributed by atoms with E-state index in [4.69, 9.17) is 4.99 Å². The van der Waals surface area contributed by atoms with E-state index in [-0.39, 0.29) is 30.0 Å². The van der Waals surface area contributed by atoms with Crippen LogP contribution in [0.4, 0.5) is 0 Å². The number of para-hydroxylation sites is 1. The molecule has 0 bridgehead atoms. The quantitative estimate of drug-likeness (QED) is 0.248. The van der Waals surface area contributed by atoms with Crippen molar-refractivity contribution in [2.75, 3.05) is 33.7 Å². The Morgan fingerprint density at radius 2 is 2.07 bits per heavy atom. The van der Waals surface area contributed by atoms with E-state index in [0.717, 1.165) is 25.5 Å². The molecule has 158 valence electrons. The van der Waals surface area contributed by atoms with Crippen molar-refractivity contribution in [3.8, 4) is 0 Å². The number of likely N-dealkylation sites (N-methyl/N-ethyl adjacent to an activating group) is 1. The number of nitrogens with zero attached hydrogens (tertiary/aromatic N) is 4. The van der Waals surface area contributed by atoms with Gasteiger partial charge in [0, 0.05) is 49.0 Å². The van der Waals surface area contributed by atoms with Gasteiger partial charge in [-0.15, -0.1) is 24.0 Å². The van der Waals surface area contributed by atoms with E-state index >= 15 is 0 Å². The summed E-state index contributed by atoms with van der Waals surface area (Å²) in [7, 11) is 6.09. The Morgan fingerprint density at radius 1 is 1.28 bits per heavy atom. The molecule has 1 atom stereocenters. The summed E-state index contributed by atoms with van der Waals surface area (Å²) >= 11 is 0. The topological polar surface area (TPSA) is 73.3 Å². The third-order valence-electron chi connectivity index (χ3n) is 4.86. The number of fused-ring (bicyclic) bond motifs is 1. The Kier molecular flexibility index (Phi) is 8.97. The molecule has 3 aromatic rings. The highest BCUT2D eigenvalue weighted by molar-refractivity contribution is 14.0. The van der Waals surface area contributed by atoms with Gasteiger partial charge in [-0.2, -0.15) is 5.10 Å². The first-order chi connectivity index (χ1) is 13.6. The van der Waals surface area contributed by atoms with Crippen LogP contribution in [0.3, 0.4) is 0 Å². The highest BCUT2D eigenvalue weighted by Gasteiger charge is 2.15. The van der Waals surface area contributed by atoms with Gasteiger partial charge in [0.15, 0.2) is 5.96 Å². The Labute approximate surface area is 190 Å². The molecule has 0 saturated carbocycles. The molecule has 0 aliphatic carbocycles. The molecule has 2 heterocycles. The number of rotatable bonds is 8. The second kappa shape index (κ2) is 11.2. The molecule has 3 rings (SSSR count). The molecular formula is C21H32IN7. The highest BCUT2D eigenvalue weighted by Crippen LogP contribution is 2.18. The molecule has 1 unspecified atom stereocenters. The van der Waals surface area contributed by atoms with E-state index in [1.807, 2.05) is 17.9 Å². The van der Waals surface area contributed by atoms with Crippen molar-refractivity contribution < 1.29 is 0 Å². The summed E-state index contributed by atoms with van der Waals surface area (Å²) in [6.07, 6.45) is 7.00. The standard InChI is InChI=1S/C21H31N7.HI/c1-5-22-21(25-14-20(27(2)3)17-13-26-28(4)15-17)23-11-10-16-12-24-19-9-7-6-8-18(16)19;/h6-9,12-13,15,20,24H,5,10-11,14H2,1-4H3,(H2,22,23,25);1H. The largest absolute Gasteiger partial charge is 0.361 e. The predicted molar refractivity (Wildman–Crippen MR) is 131 cm³/mol. The van der Waals surface area contributed by atoms with Crippen LogP contribution in [0.15, 0.2) is 47.8 Å². The third kappa shape index (κ3) is 6.20. The maximum atomic E-state index is 4.81. The first-order valence-electron chi connectivity index (χ1n) is 9.80. The van der Waals surface area contributed by atoms with E-state index in [0.29, 0.717) is 6.54 Å². The Hall–Kier alpha value is -2.07. The Bertz CT molecular complexity index is 913. The predicted octanol–water partition coefficient (Wildman–Crippen LogP) is 2.92. The van der Waals surface area contributed by atoms with Crippen molar-refractivity contribution in [1.29, 1.82) is 0 Å². The number of aromatic amines is 1. The zero-order chi connectivity index (χ0) is 19.9. The van der Waals surface area contributed by atoms with E-state index in [2.05, 4.69) is 83.3 Å². The van der Waals surface area contributed by atoms with Crippen LogP contribution in [0.1, 0.15) is 24.1 Å². The van der Waals surface area contributed by atoms with Crippen molar-refractivity contribution in [3.63, 3.8) is 0 Å². The van der Waals surface area contributed by atoms with Gasteiger partial charge in [0.25, 0.3) is 0 Å². The summed E-state index contributed by atoms with van der Waals surface area (Å²) in [6, 6.07) is 8.60. The summed E-state index contributed by atoms with van der Waals surface area (Å²) in [5.74, 6) is 0.845. The summed E-state index contributed by atoms with van der Waals surface area (Å²) in [4.78, 5) is 10.3. The average Bonchev–Trinajstić information content (AvgIpc) is 3.28. The lowest BCUT2D eigenvalue weighted by molar-refractivity contribution is 0.306. The minimum absolute atomic E-state index is 0. The van der Waals surface area contributed by atoms with E-state index in [9.17, 15) is 0 Å². The fraction of sp³-hybridized carbons (Fsp3) is 0.429. The van der Waals surface area contributed by atoms with Crippen LogP contribution < -0.4 is 10.6 Å². The monoisotopic (exact) mass is 509 g/mol. The number of aromatic nitrogens is 3. The molecule has 0 radical (unpaired) electrons. The van der Waals surface area contributed by atoms with Gasteiger partial charge in [0.05, 0.1) is 18.8 Å². The number of nitrogens with one attached hydrogen (secondary N) is 3. The van der Waals surface area contributed by atoms with Crippen LogP contribution in [0.25, 0.3) is 10.9 Å². The van der Waals surface area contributed by atoms with Crippen molar-refractivity contribution in [3.05, 3.63) is 54.0 Å². The fourth-order valence-corrected chi connectivity index (χ4v) is 3.35. The van der Waals surface area contributed by atoms with Crippen LogP contribution in [-0.4, -0.2) is 59.4 Å². The maximum absolute atomic E-state index is 4.81. The molecule has 0 spiro atoms. The van der Waals surface area contributed by atoms with Crippen molar-refractivity contribution in [1.82, 2.24) is 30.3 Å². The van der Waals surface area contributed by atoms with Crippen molar-refractivity contribution in [2.24, 2.45) is 12.0 Å². The molecule has 7 nitrogen and oxygen atoms in total. The molecular weight excluding hydrogens is 477 g/mol. The molecule has 0 saturated heterocycles. The lowest BCUT2D eigenvalue weighted by Gasteiger charge is -2.22. The molecule has 29 heavy (non-hydrogen) atoms. The number of H-pyrrole nitrogens is 1. The molecule has 0 aliphatic heterocycles. The summed E-state index contributed by atoms with van der Waals surface area (Å²) in [6.45, 7) is 4.41. The van der Waals surface area contributed by atoms with Crippen molar-refractivity contribution in [2.45, 2.75) is 19.4 Å². The van der Waals surface area contributed by atoms with Crippen LogP contribution >= 0.6 is 24.0 Å². The number of hydrogen-bond acceptors (Lipinski definition) is 3. The van der Waals surface area contributed by atoms with E-state index in [1.54, 1.807) is 0 Å². The molecule has 2 aromatic heterocycles. The lowest BCUT2D eigenvalue weighted by Crippen LogP contribution is -2.39. The fourth-order valence-electron chi connectivity index (χ4n) is 3.35. The van der Waals surface area contributed by atoms with Crippen LogP contribution in [-0.2, 0) is 13.5 Å². The average molecular weight is 509 g/mol. The summed E-state index contributed by atoms with van der Waals surface area (Å²) < 4.78 is 1.83. The number of aryl methyl sites for hydroxylation is 1. The molecule has 0 aliphatic rings. The minimum atomic E-state index is 0. The molecule has 0 fully saturated rings. The SMILES string of the molecule is CCNC(=NCC(c1cnn(C)c1)N(C)C)NCCc1c[nH]c2ccccc12.I. The van der Waals surface area contributed by atoms with Crippen LogP contribution in [0.5, 0.6) is 0 Å². The summed E-state index contributed by atoms with van der Waals surface area (Å²) in [5.41, 5.74) is 3.68. The van der Waals surface area contributed by atoms with Gasteiger partial charge >= 0.3 is 0 Å². The number of benzene rings is 1. The zero-order valence-electron chi connectivity index (χ0n) is 17.6. The molecule has 1 aromatic carbocycles. The number of hydrogen-bond donors (Lipinski definition) is 3. The maximum Gasteiger partial charge on any atom is 0.191 e. The Morgan fingerprint density at radius 3 is 2.76 bits per heavy atom. The molecule has 8 heteroatoms. The first-order valence-corrected chi connectivity index (χ1v) is 9.80. The van der Waals surface area contributed by atoms with Gasteiger partial charge in [-0.05, 0) is 39.1 Å². The van der Waals surface area contributed by atoms with Gasteiger partial charge in [-0.3, -0.25) is 9.67 Å². The van der Waals surface area contributed by atoms with Gasteiger partial charge < -0.3 is 20.5 Å². The van der Waals surface area contributed by atoms with E-state index in [1.165, 1.54) is 22.0 Å². The first kappa shape index (κ1) is 23.2. The molecule has 3 N–H and O–H groups in total. The zero-order valence-corrected chi connectivity index (χ0v) is 20.0. The van der Waals surface area contributed by atoms with Crippen LogP contribution in [0, 0.1) is 0 Å². The number of halogens is 1. The lowest BCUT2D eigenvalue weighted by atomic mass is 10.1. The Balaban J connectivity index is 0.00000300. The second-order valence-electron chi connectivity index (χ2n) is 7.18. The van der Waals surface area contributed by atoms with E-state index < -0.39 is 0 Å². The van der Waals surface area contributed by atoms with Gasteiger partial charge in [-0.1, -0.05) is 18.2 Å². The number of guanidine groups is 1. The molecule has 0 amide bonds. The second-order valence-corrected chi connectivity index (χ2v) is 7.18. The van der Waals surface area contributed by atoms with Crippen LogP contribution in [0.2, 0.25) is 0 Å². The minimum Gasteiger partial charge on any atom is -0.361 e. The smallest absolute Gasteiger partial charge is 0.191 e. The third-order valence-corrected chi connectivity index (χ3v) is 4.86. The normalized spacial score (nSPS) is 12.8. The number of aliphatic imine (C=N–C) groups is 1. The van der Waals surface area contributed by atoms with Crippen molar-refractivity contribution >= 4 is 40.8 Å². The van der Waals surface area contributed by atoms with Gasteiger partial charge in [-0.25, -0.2) is 0 Å². The van der Waals surface area contributed by atoms with Gasteiger partial charge in [0.2, 0.25) is 0 Å². The summed E-state index contributed by atoms with van der Waals surface area (Å²) in [5, 5.41) is 12.4. The highest BCUT2D eigenvalue weighted by atomic mass is 127. The van der Waals surface area contributed by atoms with Gasteiger partial charge in [0.1, 0.15) is 0 Å².